The molecule has 0 radical (unpaired) electrons. The van der Waals surface area contributed by atoms with Gasteiger partial charge in [0.1, 0.15) is 5.82 Å². The van der Waals surface area contributed by atoms with Gasteiger partial charge in [-0.2, -0.15) is 16.9 Å². The van der Waals surface area contributed by atoms with E-state index in [1.165, 1.54) is 0 Å². The molecule has 0 aromatic carbocycles. The van der Waals surface area contributed by atoms with E-state index in [1.807, 2.05) is 24.8 Å². The minimum Gasteiger partial charge on any atom is -0.369 e. The normalized spacial score (nSPS) is 12.5. The first kappa shape index (κ1) is 11.3. The van der Waals surface area contributed by atoms with Crippen LogP contribution in [0.2, 0.25) is 0 Å². The van der Waals surface area contributed by atoms with E-state index in [2.05, 4.69) is 28.7 Å². The Hall–Kier alpha value is -0.770. The minimum atomic E-state index is 0.695. The van der Waals surface area contributed by atoms with Crippen LogP contribution in [0.15, 0.2) is 12.3 Å². The van der Waals surface area contributed by atoms with Crippen LogP contribution in [0.3, 0.4) is 0 Å². The van der Waals surface area contributed by atoms with Crippen molar-refractivity contribution in [1.29, 1.82) is 0 Å². The Morgan fingerprint density at radius 3 is 3.00 bits per heavy atom. The molecule has 1 heterocycles. The molecule has 0 aliphatic carbocycles. The molecule has 0 amide bonds. The van der Waals surface area contributed by atoms with E-state index < -0.39 is 0 Å². The van der Waals surface area contributed by atoms with Crippen LogP contribution in [0.1, 0.15) is 18.9 Å². The molecule has 1 aromatic rings. The lowest BCUT2D eigenvalue weighted by atomic mass is 10.3. The third kappa shape index (κ3) is 3.96. The van der Waals surface area contributed by atoms with Gasteiger partial charge in [0.25, 0.3) is 0 Å². The summed E-state index contributed by atoms with van der Waals surface area (Å²) in [5.74, 6) is 0.873. The number of nitrogens with zero attached hydrogens (tertiary/aromatic N) is 2. The summed E-state index contributed by atoms with van der Waals surface area (Å²) in [6.07, 6.45) is 5.05. The fraction of sp³-hybridized carbons (Fsp3) is 0.600. The number of nitrogens with one attached hydrogen (secondary N) is 1. The average molecular weight is 211 g/mol. The maximum absolute atomic E-state index is 3.99. The Bertz CT molecular complexity index is 278. The number of aromatic nitrogens is 2. The van der Waals surface area contributed by atoms with Crippen LogP contribution >= 0.6 is 11.8 Å². The van der Waals surface area contributed by atoms with E-state index in [4.69, 9.17) is 0 Å². The SMILES string of the molecule is CSC(C)CCNc1cc(C)cnn1. The van der Waals surface area contributed by atoms with E-state index >= 15 is 0 Å². The average Bonchev–Trinajstić information content (AvgIpc) is 2.17. The Balaban J connectivity index is 2.31. The van der Waals surface area contributed by atoms with Gasteiger partial charge in [0.05, 0.1) is 6.20 Å². The first-order valence-electron chi connectivity index (χ1n) is 4.78. The Morgan fingerprint density at radius 2 is 2.36 bits per heavy atom. The highest BCUT2D eigenvalue weighted by Gasteiger charge is 1.99. The van der Waals surface area contributed by atoms with Crippen molar-refractivity contribution in [1.82, 2.24) is 10.2 Å². The quantitative estimate of drug-likeness (QED) is 0.811. The number of aryl methyl sites for hydroxylation is 1. The molecule has 1 unspecified atom stereocenters. The van der Waals surface area contributed by atoms with Crippen molar-refractivity contribution >= 4 is 17.6 Å². The molecule has 0 saturated carbocycles. The summed E-state index contributed by atoms with van der Waals surface area (Å²) in [5, 5.41) is 11.8. The highest BCUT2D eigenvalue weighted by atomic mass is 32.2. The number of rotatable bonds is 5. The molecule has 0 fully saturated rings. The lowest BCUT2D eigenvalue weighted by Crippen LogP contribution is -2.09. The van der Waals surface area contributed by atoms with Crippen molar-refractivity contribution < 1.29 is 0 Å². The van der Waals surface area contributed by atoms with Gasteiger partial charge in [-0.25, -0.2) is 0 Å². The van der Waals surface area contributed by atoms with Crippen molar-refractivity contribution in [2.45, 2.75) is 25.5 Å². The minimum absolute atomic E-state index is 0.695. The zero-order chi connectivity index (χ0) is 10.4. The Labute approximate surface area is 89.7 Å². The molecule has 0 saturated heterocycles. The monoisotopic (exact) mass is 211 g/mol. The summed E-state index contributed by atoms with van der Waals surface area (Å²) in [5.41, 5.74) is 1.14. The van der Waals surface area contributed by atoms with Crippen molar-refractivity contribution in [2.24, 2.45) is 0 Å². The summed E-state index contributed by atoms with van der Waals surface area (Å²) < 4.78 is 0. The number of anilines is 1. The molecule has 0 bridgehead atoms. The maximum atomic E-state index is 3.99. The van der Waals surface area contributed by atoms with Gasteiger partial charge in [0.15, 0.2) is 0 Å². The van der Waals surface area contributed by atoms with E-state index in [0.29, 0.717) is 5.25 Å². The molecule has 14 heavy (non-hydrogen) atoms. The summed E-state index contributed by atoms with van der Waals surface area (Å²) in [6.45, 7) is 5.21. The van der Waals surface area contributed by atoms with E-state index in [9.17, 15) is 0 Å². The van der Waals surface area contributed by atoms with Crippen molar-refractivity contribution in [3.8, 4) is 0 Å². The van der Waals surface area contributed by atoms with Crippen LogP contribution in [-0.4, -0.2) is 28.2 Å². The molecule has 0 aliphatic rings. The molecular formula is C10H17N3S. The number of hydrogen-bond acceptors (Lipinski definition) is 4. The predicted octanol–water partition coefficient (Wildman–Crippen LogP) is 2.34. The van der Waals surface area contributed by atoms with Crippen LogP contribution < -0.4 is 5.32 Å². The maximum Gasteiger partial charge on any atom is 0.148 e. The second kappa shape index (κ2) is 5.86. The molecule has 1 rings (SSSR count). The van der Waals surface area contributed by atoms with Crippen LogP contribution in [0.5, 0.6) is 0 Å². The van der Waals surface area contributed by atoms with Crippen molar-refractivity contribution in [3.63, 3.8) is 0 Å². The largest absolute Gasteiger partial charge is 0.369 e. The molecule has 1 atom stereocenters. The van der Waals surface area contributed by atoms with E-state index in [0.717, 1.165) is 24.3 Å². The lowest BCUT2D eigenvalue weighted by Gasteiger charge is -2.09. The Morgan fingerprint density at radius 1 is 1.57 bits per heavy atom. The first-order valence-corrected chi connectivity index (χ1v) is 6.07. The fourth-order valence-corrected chi connectivity index (χ4v) is 1.43. The summed E-state index contributed by atoms with van der Waals surface area (Å²) in [6, 6.07) is 2.01. The third-order valence-electron chi connectivity index (χ3n) is 2.05. The van der Waals surface area contributed by atoms with Gasteiger partial charge in [-0.05, 0) is 31.2 Å². The molecule has 4 heteroatoms. The van der Waals surface area contributed by atoms with Gasteiger partial charge >= 0.3 is 0 Å². The molecule has 0 spiro atoms. The smallest absolute Gasteiger partial charge is 0.148 e. The number of thioether (sulfide) groups is 1. The zero-order valence-corrected chi connectivity index (χ0v) is 9.77. The summed E-state index contributed by atoms with van der Waals surface area (Å²) in [4.78, 5) is 0. The molecule has 3 nitrogen and oxygen atoms in total. The highest BCUT2D eigenvalue weighted by molar-refractivity contribution is 7.99. The van der Waals surface area contributed by atoms with Gasteiger partial charge in [0.2, 0.25) is 0 Å². The molecule has 0 aliphatic heterocycles. The van der Waals surface area contributed by atoms with Crippen molar-refractivity contribution in [3.05, 3.63) is 17.8 Å². The summed E-state index contributed by atoms with van der Waals surface area (Å²) >= 11 is 1.89. The fourth-order valence-electron chi connectivity index (χ4n) is 1.07. The van der Waals surface area contributed by atoms with Crippen molar-refractivity contribution in [2.75, 3.05) is 18.1 Å². The summed E-state index contributed by atoms with van der Waals surface area (Å²) in [7, 11) is 0. The van der Waals surface area contributed by atoms with E-state index in [-0.39, 0.29) is 0 Å². The topological polar surface area (TPSA) is 37.8 Å². The standard InChI is InChI=1S/C10H17N3S/c1-8-6-10(13-12-7-8)11-5-4-9(2)14-3/h6-7,9H,4-5H2,1-3H3,(H,11,13). The third-order valence-corrected chi connectivity index (χ3v) is 3.09. The van der Waals surface area contributed by atoms with Gasteiger partial charge in [-0.1, -0.05) is 6.92 Å². The lowest BCUT2D eigenvalue weighted by molar-refractivity contribution is 0.844. The van der Waals surface area contributed by atoms with Gasteiger partial charge in [-0.3, -0.25) is 0 Å². The highest BCUT2D eigenvalue weighted by Crippen LogP contribution is 2.10. The second-order valence-corrected chi connectivity index (χ2v) is 4.66. The molecule has 1 N–H and O–H groups in total. The zero-order valence-electron chi connectivity index (χ0n) is 8.95. The molecule has 78 valence electrons. The van der Waals surface area contributed by atoms with Crippen LogP contribution in [-0.2, 0) is 0 Å². The molecule has 1 aromatic heterocycles. The number of hydrogen-bond donors (Lipinski definition) is 1. The van der Waals surface area contributed by atoms with Gasteiger partial charge in [0, 0.05) is 11.8 Å². The first-order chi connectivity index (χ1) is 6.72. The second-order valence-electron chi connectivity index (χ2n) is 3.38. The Kier molecular flexibility index (Phi) is 4.73. The molecular weight excluding hydrogens is 194 g/mol. The van der Waals surface area contributed by atoms with Crippen LogP contribution in [0, 0.1) is 6.92 Å². The van der Waals surface area contributed by atoms with Gasteiger partial charge in [-0.15, -0.1) is 5.10 Å². The predicted molar refractivity (Wildman–Crippen MR) is 62.9 cm³/mol. The van der Waals surface area contributed by atoms with Crippen LogP contribution in [0.4, 0.5) is 5.82 Å². The van der Waals surface area contributed by atoms with Crippen LogP contribution in [0.25, 0.3) is 0 Å². The van der Waals surface area contributed by atoms with Gasteiger partial charge < -0.3 is 5.32 Å². The van der Waals surface area contributed by atoms with E-state index in [1.54, 1.807) is 6.20 Å².